The normalized spacial score (nSPS) is 15.3. The Balaban J connectivity index is 1.41. The van der Waals surface area contributed by atoms with Crippen LogP contribution >= 0.6 is 0 Å². The van der Waals surface area contributed by atoms with Crippen LogP contribution in [0.5, 0.6) is 23.0 Å². The molecule has 0 atom stereocenters. The lowest BCUT2D eigenvalue weighted by Crippen LogP contribution is -2.30. The number of anilines is 2. The summed E-state index contributed by atoms with van der Waals surface area (Å²) in [5.74, 6) is -0.204. The molecule has 0 saturated heterocycles. The van der Waals surface area contributed by atoms with Crippen molar-refractivity contribution in [2.75, 3.05) is 11.5 Å². The smallest absolute Gasteiger partial charge is 0.420 e. The van der Waals surface area contributed by atoms with Gasteiger partial charge in [-0.1, -0.05) is 43.5 Å². The van der Waals surface area contributed by atoms with E-state index in [4.69, 9.17) is 20.9 Å². The molecule has 0 bridgehead atoms. The van der Waals surface area contributed by atoms with Crippen LogP contribution in [-0.4, -0.2) is 0 Å². The Morgan fingerprint density at radius 3 is 1.26 bits per heavy atom. The molecule has 0 amide bonds. The zero-order chi connectivity index (χ0) is 30.1. The van der Waals surface area contributed by atoms with Gasteiger partial charge in [-0.3, -0.25) is 0 Å². The first-order valence-electron chi connectivity index (χ1n) is 13.4. The van der Waals surface area contributed by atoms with Gasteiger partial charge in [-0.15, -0.1) is 0 Å². The van der Waals surface area contributed by atoms with Crippen LogP contribution in [0.25, 0.3) is 0 Å². The molecule has 0 unspecified atom stereocenters. The fourth-order valence-electron chi connectivity index (χ4n) is 5.55. The lowest BCUT2D eigenvalue weighted by atomic mass is 9.65. The molecule has 0 spiro atoms. The molecule has 0 radical (unpaired) electrons. The van der Waals surface area contributed by atoms with Crippen molar-refractivity contribution in [2.24, 2.45) is 0 Å². The number of benzene rings is 4. The van der Waals surface area contributed by atoms with E-state index >= 15 is 0 Å². The first-order chi connectivity index (χ1) is 19.8. The highest BCUT2D eigenvalue weighted by Gasteiger charge is 2.37. The molecule has 0 aromatic heterocycles. The van der Waals surface area contributed by atoms with E-state index in [1.54, 1.807) is 24.3 Å². The van der Waals surface area contributed by atoms with Gasteiger partial charge in [0.1, 0.15) is 34.1 Å². The number of nitrogen functional groups attached to an aromatic ring is 2. The first-order valence-corrected chi connectivity index (χ1v) is 13.4. The molecule has 0 heterocycles. The maximum Gasteiger partial charge on any atom is 0.420 e. The summed E-state index contributed by atoms with van der Waals surface area (Å²) in [5.41, 5.74) is 10.7. The standard InChI is InChI=1S/C32H28F6N2O2/c33-31(34,35)26-18-22(39)8-14-28(26)41-24-10-4-20(5-11-24)30(16-2-1-3-17-30)21-6-12-25(13-7-21)42-29-15-9-23(40)19-27(29)32(36,37)38/h4-15,18-19H,1-3,16-17,39-40H2. The highest BCUT2D eigenvalue weighted by atomic mass is 19.4. The van der Waals surface area contributed by atoms with Crippen molar-refractivity contribution >= 4 is 11.4 Å². The molecule has 4 N–H and O–H groups in total. The Bertz CT molecular complexity index is 1430. The molecule has 1 saturated carbocycles. The summed E-state index contributed by atoms with van der Waals surface area (Å²) < 4.78 is 92.3. The SMILES string of the molecule is Nc1ccc(Oc2ccc(C3(c4ccc(Oc5ccc(N)cc5C(F)(F)F)cc4)CCCCC3)cc2)c(C(F)(F)F)c1. The minimum absolute atomic E-state index is 0.0186. The van der Waals surface area contributed by atoms with Crippen molar-refractivity contribution in [3.05, 3.63) is 107 Å². The Kier molecular flexibility index (Phi) is 7.74. The summed E-state index contributed by atoms with van der Waals surface area (Å²) in [4.78, 5) is 0. The number of nitrogens with two attached hydrogens (primary N) is 2. The second-order valence-corrected chi connectivity index (χ2v) is 10.4. The average Bonchev–Trinajstić information content (AvgIpc) is 2.95. The minimum Gasteiger partial charge on any atom is -0.457 e. The monoisotopic (exact) mass is 586 g/mol. The van der Waals surface area contributed by atoms with Gasteiger partial charge >= 0.3 is 12.4 Å². The maximum atomic E-state index is 13.5. The Morgan fingerprint density at radius 1 is 0.524 bits per heavy atom. The zero-order valence-corrected chi connectivity index (χ0v) is 22.4. The van der Waals surface area contributed by atoms with Crippen LogP contribution in [0.4, 0.5) is 37.7 Å². The van der Waals surface area contributed by atoms with Gasteiger partial charge in [-0.25, -0.2) is 0 Å². The van der Waals surface area contributed by atoms with E-state index in [1.807, 2.05) is 24.3 Å². The van der Waals surface area contributed by atoms with Gasteiger partial charge < -0.3 is 20.9 Å². The van der Waals surface area contributed by atoms with E-state index in [0.29, 0.717) is 0 Å². The third-order valence-electron chi connectivity index (χ3n) is 7.59. The van der Waals surface area contributed by atoms with Gasteiger partial charge in [0.05, 0.1) is 0 Å². The number of alkyl halides is 6. The summed E-state index contributed by atoms with van der Waals surface area (Å²) >= 11 is 0. The molecular formula is C32H28F6N2O2. The van der Waals surface area contributed by atoms with E-state index in [-0.39, 0.29) is 39.8 Å². The number of hydrogen-bond donors (Lipinski definition) is 2. The van der Waals surface area contributed by atoms with Crippen molar-refractivity contribution in [1.29, 1.82) is 0 Å². The third kappa shape index (κ3) is 6.12. The summed E-state index contributed by atoms with van der Waals surface area (Å²) in [5, 5.41) is 0. The molecule has 5 rings (SSSR count). The molecule has 4 aromatic carbocycles. The molecule has 4 nitrogen and oxygen atoms in total. The Morgan fingerprint density at radius 2 is 0.905 bits per heavy atom. The van der Waals surface area contributed by atoms with Crippen LogP contribution in [0.1, 0.15) is 54.4 Å². The van der Waals surface area contributed by atoms with Crippen LogP contribution in [0.3, 0.4) is 0 Å². The topological polar surface area (TPSA) is 70.5 Å². The largest absolute Gasteiger partial charge is 0.457 e. The van der Waals surface area contributed by atoms with E-state index in [2.05, 4.69) is 0 Å². The van der Waals surface area contributed by atoms with Crippen molar-refractivity contribution in [3.63, 3.8) is 0 Å². The van der Waals surface area contributed by atoms with E-state index in [0.717, 1.165) is 55.4 Å². The van der Waals surface area contributed by atoms with Crippen molar-refractivity contribution in [2.45, 2.75) is 49.9 Å². The van der Waals surface area contributed by atoms with Gasteiger partial charge in [-0.05, 0) is 84.6 Å². The molecule has 4 aromatic rings. The molecule has 1 aliphatic carbocycles. The van der Waals surface area contributed by atoms with Crippen molar-refractivity contribution < 1.29 is 35.8 Å². The van der Waals surface area contributed by atoms with Crippen LogP contribution in [0, 0.1) is 0 Å². The highest BCUT2D eigenvalue weighted by molar-refractivity contribution is 5.52. The van der Waals surface area contributed by atoms with Crippen LogP contribution in [0.2, 0.25) is 0 Å². The summed E-state index contributed by atoms with van der Waals surface area (Å²) in [7, 11) is 0. The number of rotatable bonds is 6. The first kappa shape index (κ1) is 29.2. The van der Waals surface area contributed by atoms with Gasteiger partial charge in [0.15, 0.2) is 0 Å². The summed E-state index contributed by atoms with van der Waals surface area (Å²) in [6.45, 7) is 0. The van der Waals surface area contributed by atoms with Gasteiger partial charge in [-0.2, -0.15) is 26.3 Å². The number of hydrogen-bond acceptors (Lipinski definition) is 4. The molecule has 1 aliphatic rings. The van der Waals surface area contributed by atoms with Gasteiger partial charge in [0, 0.05) is 16.8 Å². The van der Waals surface area contributed by atoms with Gasteiger partial charge in [0.25, 0.3) is 0 Å². The fourth-order valence-corrected chi connectivity index (χ4v) is 5.55. The fraction of sp³-hybridized carbons (Fsp3) is 0.250. The molecular weight excluding hydrogens is 558 g/mol. The number of ether oxygens (including phenoxy) is 2. The molecule has 10 heteroatoms. The van der Waals surface area contributed by atoms with Crippen LogP contribution < -0.4 is 20.9 Å². The second kappa shape index (κ2) is 11.2. The molecule has 0 aliphatic heterocycles. The second-order valence-electron chi connectivity index (χ2n) is 10.4. The molecule has 1 fully saturated rings. The van der Waals surface area contributed by atoms with E-state index in [1.165, 1.54) is 24.3 Å². The van der Waals surface area contributed by atoms with Crippen molar-refractivity contribution in [3.8, 4) is 23.0 Å². The minimum atomic E-state index is -4.63. The third-order valence-corrected chi connectivity index (χ3v) is 7.59. The Hall–Kier alpha value is -4.34. The van der Waals surface area contributed by atoms with E-state index in [9.17, 15) is 26.3 Å². The number of halogens is 6. The van der Waals surface area contributed by atoms with Crippen LogP contribution in [0.15, 0.2) is 84.9 Å². The summed E-state index contributed by atoms with van der Waals surface area (Å²) in [6, 6.07) is 20.7. The van der Waals surface area contributed by atoms with E-state index < -0.39 is 23.5 Å². The van der Waals surface area contributed by atoms with Crippen LogP contribution in [-0.2, 0) is 17.8 Å². The lowest BCUT2D eigenvalue weighted by molar-refractivity contribution is -0.139. The van der Waals surface area contributed by atoms with Gasteiger partial charge in [0.2, 0.25) is 0 Å². The Labute approximate surface area is 238 Å². The predicted octanol–water partition coefficient (Wildman–Crippen LogP) is 9.72. The lowest BCUT2D eigenvalue weighted by Gasteiger charge is -2.38. The average molecular weight is 587 g/mol. The molecule has 220 valence electrons. The summed E-state index contributed by atoms with van der Waals surface area (Å²) in [6.07, 6.45) is -4.59. The predicted molar refractivity (Wildman–Crippen MR) is 149 cm³/mol. The van der Waals surface area contributed by atoms with Crippen molar-refractivity contribution in [1.82, 2.24) is 0 Å². The highest BCUT2D eigenvalue weighted by Crippen LogP contribution is 2.47. The zero-order valence-electron chi connectivity index (χ0n) is 22.4. The quantitative estimate of drug-likeness (QED) is 0.174. The maximum absolute atomic E-state index is 13.5. The molecule has 42 heavy (non-hydrogen) atoms.